The Hall–Kier alpha value is -2.31. The van der Waals surface area contributed by atoms with E-state index in [1.165, 1.54) is 26.4 Å². The molecular formula is C18H26N2O5. The van der Waals surface area contributed by atoms with E-state index in [1.807, 2.05) is 0 Å². The number of carbonyl (C=O) groups is 1. The Morgan fingerprint density at radius 2 is 2.00 bits per heavy atom. The van der Waals surface area contributed by atoms with Gasteiger partial charge in [0.15, 0.2) is 0 Å². The van der Waals surface area contributed by atoms with Crippen LogP contribution in [0.2, 0.25) is 0 Å². The molecule has 1 saturated carbocycles. The molecule has 0 aliphatic heterocycles. The average molecular weight is 350 g/mol. The molecule has 1 fully saturated rings. The van der Waals surface area contributed by atoms with E-state index < -0.39 is 10.9 Å². The molecule has 0 aromatic heterocycles. The van der Waals surface area contributed by atoms with E-state index in [-0.39, 0.29) is 28.5 Å². The van der Waals surface area contributed by atoms with Crippen LogP contribution in [0.15, 0.2) is 12.1 Å². The van der Waals surface area contributed by atoms with Gasteiger partial charge in [0.05, 0.1) is 19.1 Å². The van der Waals surface area contributed by atoms with E-state index in [9.17, 15) is 14.9 Å². The molecule has 1 aliphatic carbocycles. The molecule has 7 heteroatoms. The number of hydrogen-bond donors (Lipinski definition) is 1. The third-order valence-corrected chi connectivity index (χ3v) is 4.67. The van der Waals surface area contributed by atoms with Crippen LogP contribution in [0.1, 0.15) is 50.4 Å². The maximum absolute atomic E-state index is 11.9. The normalized spacial score (nSPS) is 22.1. The average Bonchev–Trinajstić information content (AvgIpc) is 2.51. The molecule has 2 atom stereocenters. The first kappa shape index (κ1) is 19.0. The number of hydrogen-bond acceptors (Lipinski definition) is 6. The Morgan fingerprint density at radius 3 is 2.52 bits per heavy atom. The number of nitrogens with one attached hydrogen (secondary N) is 1. The van der Waals surface area contributed by atoms with E-state index in [0.29, 0.717) is 11.6 Å². The van der Waals surface area contributed by atoms with Gasteiger partial charge in [-0.25, -0.2) is 4.79 Å². The Morgan fingerprint density at radius 1 is 1.32 bits per heavy atom. The number of carbonyl (C=O) groups excluding carboxylic acids is 1. The highest BCUT2D eigenvalue weighted by Gasteiger charge is 2.33. The van der Waals surface area contributed by atoms with Crippen molar-refractivity contribution in [3.05, 3.63) is 27.8 Å². The van der Waals surface area contributed by atoms with Crippen molar-refractivity contribution in [2.24, 2.45) is 11.3 Å². The molecule has 1 aliphatic rings. The molecule has 2 unspecified atom stereocenters. The molecule has 2 rings (SSSR count). The zero-order valence-corrected chi connectivity index (χ0v) is 15.4. The molecule has 0 amide bonds. The monoisotopic (exact) mass is 350 g/mol. The van der Waals surface area contributed by atoms with Crippen LogP contribution in [0, 0.1) is 21.4 Å². The molecule has 0 radical (unpaired) electrons. The summed E-state index contributed by atoms with van der Waals surface area (Å²) in [4.78, 5) is 22.8. The van der Waals surface area contributed by atoms with Crippen molar-refractivity contribution in [3.8, 4) is 5.75 Å². The second kappa shape index (κ2) is 7.29. The van der Waals surface area contributed by atoms with Crippen LogP contribution in [0.5, 0.6) is 5.75 Å². The lowest BCUT2D eigenvalue weighted by atomic mass is 9.70. The van der Waals surface area contributed by atoms with Gasteiger partial charge in [0, 0.05) is 18.2 Å². The van der Waals surface area contributed by atoms with Gasteiger partial charge >= 0.3 is 5.97 Å². The second-order valence-corrected chi connectivity index (χ2v) is 7.57. The SMILES string of the molecule is COC(=O)c1cc([N+](=O)[O-])c(NC2CC(C)CC(C)(C)C2)cc1OC. The topological polar surface area (TPSA) is 90.7 Å². The second-order valence-electron chi connectivity index (χ2n) is 7.57. The number of ether oxygens (including phenoxy) is 2. The van der Waals surface area contributed by atoms with E-state index >= 15 is 0 Å². The van der Waals surface area contributed by atoms with Crippen LogP contribution in [-0.2, 0) is 4.74 Å². The molecule has 0 heterocycles. The molecule has 138 valence electrons. The van der Waals surface area contributed by atoms with Gasteiger partial charge in [-0.3, -0.25) is 10.1 Å². The quantitative estimate of drug-likeness (QED) is 0.490. The maximum atomic E-state index is 11.9. The lowest BCUT2D eigenvalue weighted by molar-refractivity contribution is -0.384. The number of benzene rings is 1. The summed E-state index contributed by atoms with van der Waals surface area (Å²) in [5.41, 5.74) is 0.432. The molecule has 0 spiro atoms. The fourth-order valence-corrected chi connectivity index (χ4v) is 3.95. The predicted octanol–water partition coefficient (Wildman–Crippen LogP) is 4.02. The van der Waals surface area contributed by atoms with E-state index in [4.69, 9.17) is 4.74 Å². The van der Waals surface area contributed by atoms with Crippen LogP contribution in [0.4, 0.5) is 11.4 Å². The van der Waals surface area contributed by atoms with Gasteiger partial charge in [-0.05, 0) is 30.6 Å². The van der Waals surface area contributed by atoms with Crippen molar-refractivity contribution in [1.82, 2.24) is 0 Å². The first-order chi connectivity index (χ1) is 11.7. The van der Waals surface area contributed by atoms with Crippen molar-refractivity contribution in [2.45, 2.75) is 46.1 Å². The number of methoxy groups -OCH3 is 2. The van der Waals surface area contributed by atoms with Crippen LogP contribution in [-0.4, -0.2) is 31.2 Å². The minimum atomic E-state index is -0.668. The summed E-state index contributed by atoms with van der Waals surface area (Å²) in [6.07, 6.45) is 3.01. The number of rotatable bonds is 5. The molecular weight excluding hydrogens is 324 g/mol. The number of nitro benzene ring substituents is 1. The van der Waals surface area contributed by atoms with Crippen molar-refractivity contribution in [2.75, 3.05) is 19.5 Å². The van der Waals surface area contributed by atoms with Crippen molar-refractivity contribution >= 4 is 17.3 Å². The molecule has 1 aromatic rings. The third-order valence-electron chi connectivity index (χ3n) is 4.67. The van der Waals surface area contributed by atoms with Crippen LogP contribution >= 0.6 is 0 Å². The van der Waals surface area contributed by atoms with Crippen LogP contribution in [0.3, 0.4) is 0 Å². The Kier molecular flexibility index (Phi) is 5.55. The van der Waals surface area contributed by atoms with E-state index in [2.05, 4.69) is 30.8 Å². The van der Waals surface area contributed by atoms with E-state index in [0.717, 1.165) is 19.3 Å². The number of anilines is 1. The summed E-state index contributed by atoms with van der Waals surface area (Å²) in [6.45, 7) is 6.63. The highest BCUT2D eigenvalue weighted by Crippen LogP contribution is 2.41. The van der Waals surface area contributed by atoms with Crippen molar-refractivity contribution < 1.29 is 19.2 Å². The molecule has 7 nitrogen and oxygen atoms in total. The Bertz CT molecular complexity index is 672. The van der Waals surface area contributed by atoms with Crippen LogP contribution in [0.25, 0.3) is 0 Å². The van der Waals surface area contributed by atoms with Gasteiger partial charge in [-0.15, -0.1) is 0 Å². The standard InChI is InChI=1S/C18H26N2O5/c1-11-6-12(10-18(2,3)9-11)19-14-8-16(24-4)13(17(21)25-5)7-15(14)20(22)23/h7-8,11-12,19H,6,9-10H2,1-5H3. The van der Waals surface area contributed by atoms with Crippen molar-refractivity contribution in [3.63, 3.8) is 0 Å². The summed E-state index contributed by atoms with van der Waals surface area (Å²) < 4.78 is 9.91. The maximum Gasteiger partial charge on any atom is 0.341 e. The van der Waals surface area contributed by atoms with Gasteiger partial charge in [0.25, 0.3) is 5.69 Å². The highest BCUT2D eigenvalue weighted by atomic mass is 16.6. The summed E-state index contributed by atoms with van der Waals surface area (Å²) in [5, 5.41) is 14.8. The number of esters is 1. The molecule has 0 bridgehead atoms. The fraction of sp³-hybridized carbons (Fsp3) is 0.611. The first-order valence-corrected chi connectivity index (χ1v) is 8.38. The minimum Gasteiger partial charge on any atom is -0.496 e. The molecule has 1 N–H and O–H groups in total. The summed E-state index contributed by atoms with van der Waals surface area (Å²) in [5.74, 6) is 0.124. The smallest absolute Gasteiger partial charge is 0.341 e. The Labute approximate surface area is 147 Å². The fourth-order valence-electron chi connectivity index (χ4n) is 3.95. The molecule has 0 saturated heterocycles. The largest absolute Gasteiger partial charge is 0.496 e. The lowest BCUT2D eigenvalue weighted by Crippen LogP contribution is -2.35. The van der Waals surface area contributed by atoms with Crippen molar-refractivity contribution in [1.29, 1.82) is 0 Å². The number of nitrogens with zero attached hydrogens (tertiary/aromatic N) is 1. The summed E-state index contributed by atoms with van der Waals surface area (Å²) in [6, 6.07) is 2.85. The predicted molar refractivity (Wildman–Crippen MR) is 95.2 cm³/mol. The highest BCUT2D eigenvalue weighted by molar-refractivity contribution is 5.94. The summed E-state index contributed by atoms with van der Waals surface area (Å²) in [7, 11) is 2.65. The molecule has 1 aromatic carbocycles. The summed E-state index contributed by atoms with van der Waals surface area (Å²) >= 11 is 0. The zero-order chi connectivity index (χ0) is 18.8. The Balaban J connectivity index is 2.39. The van der Waals surface area contributed by atoms with Gasteiger partial charge in [0.1, 0.15) is 17.0 Å². The molecule has 25 heavy (non-hydrogen) atoms. The van der Waals surface area contributed by atoms with Gasteiger partial charge in [0.2, 0.25) is 0 Å². The van der Waals surface area contributed by atoms with Gasteiger partial charge in [-0.1, -0.05) is 20.8 Å². The first-order valence-electron chi connectivity index (χ1n) is 8.38. The third kappa shape index (κ3) is 4.41. The zero-order valence-electron chi connectivity index (χ0n) is 15.4. The van der Waals surface area contributed by atoms with Crippen LogP contribution < -0.4 is 10.1 Å². The van der Waals surface area contributed by atoms with Gasteiger partial charge in [-0.2, -0.15) is 0 Å². The van der Waals surface area contributed by atoms with Gasteiger partial charge < -0.3 is 14.8 Å². The number of nitro groups is 1. The van der Waals surface area contributed by atoms with E-state index in [1.54, 1.807) is 0 Å². The minimum absolute atomic E-state index is 0.0413. The lowest BCUT2D eigenvalue weighted by Gasteiger charge is -2.39.